The Hall–Kier alpha value is -1.27. The fourth-order valence-electron chi connectivity index (χ4n) is 1.99. The monoisotopic (exact) mass is 353 g/mol. The van der Waals surface area contributed by atoms with Gasteiger partial charge in [-0.2, -0.15) is 0 Å². The highest BCUT2D eigenvalue weighted by Crippen LogP contribution is 2.25. The van der Waals surface area contributed by atoms with Gasteiger partial charge in [0, 0.05) is 10.2 Å². The first-order chi connectivity index (χ1) is 9.52. The SMILES string of the molecule is CCCc1nnsc1C(=O)Nc1cc(C)c(Br)c(C)c1. The molecule has 0 atom stereocenters. The number of hydrogen-bond donors (Lipinski definition) is 1. The van der Waals surface area contributed by atoms with Crippen LogP contribution in [-0.4, -0.2) is 15.5 Å². The molecule has 0 saturated heterocycles. The number of hydrogen-bond acceptors (Lipinski definition) is 4. The van der Waals surface area contributed by atoms with Gasteiger partial charge in [-0.25, -0.2) is 0 Å². The number of anilines is 1. The summed E-state index contributed by atoms with van der Waals surface area (Å²) in [7, 11) is 0. The third kappa shape index (κ3) is 3.24. The number of carbonyl (C=O) groups is 1. The van der Waals surface area contributed by atoms with Crippen molar-refractivity contribution >= 4 is 39.1 Å². The predicted molar refractivity (Wildman–Crippen MR) is 85.5 cm³/mol. The van der Waals surface area contributed by atoms with Gasteiger partial charge in [0.05, 0.1) is 5.69 Å². The summed E-state index contributed by atoms with van der Waals surface area (Å²) in [5.74, 6) is -0.135. The molecular formula is C14H16BrN3OS. The number of carbonyl (C=O) groups excluding carboxylic acids is 1. The number of rotatable bonds is 4. The van der Waals surface area contributed by atoms with E-state index in [1.165, 1.54) is 0 Å². The molecule has 0 fully saturated rings. The largest absolute Gasteiger partial charge is 0.321 e. The van der Waals surface area contributed by atoms with Crippen LogP contribution in [0.2, 0.25) is 0 Å². The van der Waals surface area contributed by atoms with Gasteiger partial charge >= 0.3 is 0 Å². The molecule has 0 unspecified atom stereocenters. The highest BCUT2D eigenvalue weighted by molar-refractivity contribution is 9.10. The summed E-state index contributed by atoms with van der Waals surface area (Å²) in [6, 6.07) is 3.89. The van der Waals surface area contributed by atoms with Gasteiger partial charge in [-0.3, -0.25) is 4.79 Å². The van der Waals surface area contributed by atoms with E-state index in [9.17, 15) is 4.79 Å². The van der Waals surface area contributed by atoms with E-state index in [2.05, 4.69) is 37.8 Å². The molecule has 2 rings (SSSR count). The van der Waals surface area contributed by atoms with Crippen LogP contribution in [0.3, 0.4) is 0 Å². The van der Waals surface area contributed by atoms with Gasteiger partial charge in [0.1, 0.15) is 4.88 Å². The minimum Gasteiger partial charge on any atom is -0.321 e. The summed E-state index contributed by atoms with van der Waals surface area (Å²) >= 11 is 4.67. The molecule has 0 bridgehead atoms. The van der Waals surface area contributed by atoms with E-state index in [4.69, 9.17) is 0 Å². The van der Waals surface area contributed by atoms with Crippen LogP contribution in [0.1, 0.15) is 39.8 Å². The number of halogens is 1. The number of benzene rings is 1. The van der Waals surface area contributed by atoms with Crippen LogP contribution in [0.4, 0.5) is 5.69 Å². The van der Waals surface area contributed by atoms with Crippen molar-refractivity contribution in [3.8, 4) is 0 Å². The Kier molecular flexibility index (Phi) is 4.88. The standard InChI is InChI=1S/C14H16BrN3OS/c1-4-5-11-13(20-18-17-11)14(19)16-10-6-8(2)12(15)9(3)7-10/h6-7H,4-5H2,1-3H3,(H,16,19). The molecule has 20 heavy (non-hydrogen) atoms. The first-order valence-electron chi connectivity index (χ1n) is 6.42. The van der Waals surface area contributed by atoms with Crippen LogP contribution < -0.4 is 5.32 Å². The minimum atomic E-state index is -0.135. The maximum Gasteiger partial charge on any atom is 0.269 e. The van der Waals surface area contributed by atoms with E-state index in [0.29, 0.717) is 4.88 Å². The molecule has 4 nitrogen and oxygen atoms in total. The number of aromatic nitrogens is 2. The Morgan fingerprint density at radius 3 is 2.60 bits per heavy atom. The van der Waals surface area contributed by atoms with E-state index < -0.39 is 0 Å². The van der Waals surface area contributed by atoms with Crippen molar-refractivity contribution in [2.45, 2.75) is 33.6 Å². The second-order valence-electron chi connectivity index (χ2n) is 4.68. The topological polar surface area (TPSA) is 54.9 Å². The molecular weight excluding hydrogens is 338 g/mol. The lowest BCUT2D eigenvalue weighted by atomic mass is 10.1. The molecule has 1 N–H and O–H groups in total. The fourth-order valence-corrected chi connectivity index (χ4v) is 2.82. The molecule has 106 valence electrons. The van der Waals surface area contributed by atoms with Gasteiger partial charge < -0.3 is 5.32 Å². The van der Waals surface area contributed by atoms with Gasteiger partial charge in [-0.1, -0.05) is 33.8 Å². The number of amides is 1. The van der Waals surface area contributed by atoms with Crippen LogP contribution in [0, 0.1) is 13.8 Å². The summed E-state index contributed by atoms with van der Waals surface area (Å²) in [6.07, 6.45) is 1.72. The lowest BCUT2D eigenvalue weighted by Crippen LogP contribution is -2.13. The summed E-state index contributed by atoms with van der Waals surface area (Å²) in [4.78, 5) is 12.9. The first kappa shape index (κ1) is 15.1. The van der Waals surface area contributed by atoms with E-state index in [1.807, 2.05) is 26.0 Å². The number of aryl methyl sites for hydroxylation is 3. The molecule has 0 aliphatic carbocycles. The predicted octanol–water partition coefficient (Wildman–Crippen LogP) is 4.12. The van der Waals surface area contributed by atoms with Gasteiger partial charge in [0.15, 0.2) is 0 Å². The van der Waals surface area contributed by atoms with Crippen LogP contribution in [0.5, 0.6) is 0 Å². The van der Waals surface area contributed by atoms with Crippen LogP contribution >= 0.6 is 27.5 Å². The maximum atomic E-state index is 12.3. The second-order valence-corrected chi connectivity index (χ2v) is 6.22. The zero-order chi connectivity index (χ0) is 14.7. The summed E-state index contributed by atoms with van der Waals surface area (Å²) in [5.41, 5.74) is 3.76. The van der Waals surface area contributed by atoms with Gasteiger partial charge in [-0.15, -0.1) is 5.10 Å². The molecule has 6 heteroatoms. The summed E-state index contributed by atoms with van der Waals surface area (Å²) < 4.78 is 4.95. The van der Waals surface area contributed by atoms with Crippen LogP contribution in [0.25, 0.3) is 0 Å². The Labute approximate surface area is 130 Å². The van der Waals surface area contributed by atoms with Crippen molar-refractivity contribution in [2.24, 2.45) is 0 Å². The van der Waals surface area contributed by atoms with Gasteiger partial charge in [0.25, 0.3) is 5.91 Å². The Morgan fingerprint density at radius 2 is 2.00 bits per heavy atom. The zero-order valence-corrected chi connectivity index (χ0v) is 14.1. The smallest absolute Gasteiger partial charge is 0.269 e. The van der Waals surface area contributed by atoms with Crippen molar-refractivity contribution in [1.29, 1.82) is 0 Å². The van der Waals surface area contributed by atoms with Crippen LogP contribution in [-0.2, 0) is 6.42 Å². The third-order valence-electron chi connectivity index (χ3n) is 2.94. The van der Waals surface area contributed by atoms with E-state index in [-0.39, 0.29) is 5.91 Å². The van der Waals surface area contributed by atoms with Crippen molar-refractivity contribution in [2.75, 3.05) is 5.32 Å². The fraction of sp³-hybridized carbons (Fsp3) is 0.357. The van der Waals surface area contributed by atoms with Gasteiger partial charge in [0.2, 0.25) is 0 Å². The molecule has 2 aromatic rings. The normalized spacial score (nSPS) is 10.6. The molecule has 1 aromatic carbocycles. The van der Waals surface area contributed by atoms with Crippen molar-refractivity contribution in [3.63, 3.8) is 0 Å². The molecule has 0 saturated carbocycles. The summed E-state index contributed by atoms with van der Waals surface area (Å²) in [5, 5.41) is 6.94. The maximum absolute atomic E-state index is 12.3. The number of nitrogens with zero attached hydrogens (tertiary/aromatic N) is 2. The quantitative estimate of drug-likeness (QED) is 0.899. The van der Waals surface area contributed by atoms with E-state index in [0.717, 1.165) is 51.4 Å². The Bertz CT molecular complexity index is 616. The van der Waals surface area contributed by atoms with Crippen molar-refractivity contribution < 1.29 is 4.79 Å². The molecule has 0 aliphatic rings. The highest BCUT2D eigenvalue weighted by atomic mass is 79.9. The zero-order valence-electron chi connectivity index (χ0n) is 11.7. The average Bonchev–Trinajstić information content (AvgIpc) is 2.84. The Balaban J connectivity index is 2.21. The van der Waals surface area contributed by atoms with Crippen molar-refractivity contribution in [3.05, 3.63) is 38.3 Å². The third-order valence-corrected chi connectivity index (χ3v) is 4.96. The molecule has 0 radical (unpaired) electrons. The number of nitrogens with one attached hydrogen (secondary N) is 1. The van der Waals surface area contributed by atoms with E-state index in [1.54, 1.807) is 0 Å². The summed E-state index contributed by atoms with van der Waals surface area (Å²) in [6.45, 7) is 6.06. The lowest BCUT2D eigenvalue weighted by Gasteiger charge is -2.09. The molecule has 1 aromatic heterocycles. The Morgan fingerprint density at radius 1 is 1.35 bits per heavy atom. The highest BCUT2D eigenvalue weighted by Gasteiger charge is 2.16. The molecule has 1 heterocycles. The molecule has 0 spiro atoms. The first-order valence-corrected chi connectivity index (χ1v) is 7.99. The average molecular weight is 354 g/mol. The lowest BCUT2D eigenvalue weighted by molar-refractivity contribution is 0.102. The van der Waals surface area contributed by atoms with Crippen LogP contribution in [0.15, 0.2) is 16.6 Å². The minimum absolute atomic E-state index is 0.135. The van der Waals surface area contributed by atoms with E-state index >= 15 is 0 Å². The second kappa shape index (κ2) is 6.45. The van der Waals surface area contributed by atoms with Crippen molar-refractivity contribution in [1.82, 2.24) is 9.59 Å². The van der Waals surface area contributed by atoms with Gasteiger partial charge in [-0.05, 0) is 55.1 Å². The molecule has 1 amide bonds. The molecule has 0 aliphatic heterocycles.